The molecule has 0 radical (unpaired) electrons. The Morgan fingerprint density at radius 2 is 2.10 bits per heavy atom. The number of benzene rings is 1. The molecule has 1 aliphatic carbocycles. The van der Waals surface area contributed by atoms with Crippen molar-refractivity contribution in [2.75, 3.05) is 0 Å². The van der Waals surface area contributed by atoms with Gasteiger partial charge in [0, 0.05) is 20.6 Å². The maximum absolute atomic E-state index is 7.77. The molecule has 3 rings (SSSR count). The van der Waals surface area contributed by atoms with Crippen LogP contribution in [0.15, 0.2) is 44.7 Å². The SMILES string of the molecule is N=C(N)c1cc2c(nc1Sc1ccccc1Br)CCC2. The first-order chi connectivity index (χ1) is 9.65. The summed E-state index contributed by atoms with van der Waals surface area (Å²) < 4.78 is 1.03. The molecule has 0 bridgehead atoms. The van der Waals surface area contributed by atoms with E-state index in [-0.39, 0.29) is 5.84 Å². The second-order valence-corrected chi connectivity index (χ2v) is 6.63. The minimum Gasteiger partial charge on any atom is -0.384 e. The van der Waals surface area contributed by atoms with Gasteiger partial charge in [0.05, 0.1) is 0 Å². The lowest BCUT2D eigenvalue weighted by molar-refractivity contribution is 0.891. The highest BCUT2D eigenvalue weighted by Crippen LogP contribution is 2.35. The molecule has 1 aromatic heterocycles. The Balaban J connectivity index is 2.04. The Morgan fingerprint density at radius 1 is 1.30 bits per heavy atom. The number of nitrogens with two attached hydrogens (primary N) is 1. The van der Waals surface area contributed by atoms with Crippen LogP contribution in [-0.2, 0) is 12.8 Å². The van der Waals surface area contributed by atoms with Gasteiger partial charge in [0.1, 0.15) is 10.9 Å². The molecule has 2 aromatic rings. The summed E-state index contributed by atoms with van der Waals surface area (Å²) in [7, 11) is 0. The van der Waals surface area contributed by atoms with Crippen molar-refractivity contribution in [1.82, 2.24) is 4.98 Å². The molecule has 3 nitrogen and oxygen atoms in total. The lowest BCUT2D eigenvalue weighted by Gasteiger charge is -2.11. The standard InChI is InChI=1S/C15H14BrN3S/c16-11-5-1-2-7-13(11)20-15-10(14(17)18)8-9-4-3-6-12(9)19-15/h1-2,5,7-8H,3-4,6H2,(H3,17,18). The zero-order chi connectivity index (χ0) is 14.1. The highest BCUT2D eigenvalue weighted by molar-refractivity contribution is 9.10. The van der Waals surface area contributed by atoms with Crippen LogP contribution in [-0.4, -0.2) is 10.8 Å². The zero-order valence-electron chi connectivity index (χ0n) is 10.8. The van der Waals surface area contributed by atoms with E-state index in [2.05, 4.69) is 15.9 Å². The number of halogens is 1. The third-order valence-electron chi connectivity index (χ3n) is 3.35. The average Bonchev–Trinajstić information content (AvgIpc) is 2.87. The Kier molecular flexibility index (Phi) is 3.81. The van der Waals surface area contributed by atoms with Crippen molar-refractivity contribution < 1.29 is 0 Å². The number of hydrogen-bond donors (Lipinski definition) is 2. The first-order valence-corrected chi connectivity index (χ1v) is 8.05. The van der Waals surface area contributed by atoms with Gasteiger partial charge in [-0.2, -0.15) is 0 Å². The highest BCUT2D eigenvalue weighted by atomic mass is 79.9. The maximum Gasteiger partial charge on any atom is 0.125 e. The number of nitrogen functional groups attached to an aromatic ring is 1. The molecule has 0 saturated heterocycles. The van der Waals surface area contributed by atoms with Crippen molar-refractivity contribution in [2.24, 2.45) is 5.73 Å². The maximum atomic E-state index is 7.77. The lowest BCUT2D eigenvalue weighted by Crippen LogP contribution is -2.14. The van der Waals surface area contributed by atoms with Gasteiger partial charge in [0.2, 0.25) is 0 Å². The molecule has 0 spiro atoms. The lowest BCUT2D eigenvalue weighted by atomic mass is 10.1. The molecule has 20 heavy (non-hydrogen) atoms. The van der Waals surface area contributed by atoms with E-state index in [0.717, 1.165) is 44.9 Å². The predicted octanol–water partition coefficient (Wildman–Crippen LogP) is 3.77. The van der Waals surface area contributed by atoms with Gasteiger partial charge in [-0.05, 0) is 59.0 Å². The number of fused-ring (bicyclic) bond motifs is 1. The van der Waals surface area contributed by atoms with E-state index in [9.17, 15) is 0 Å². The Labute approximate surface area is 130 Å². The van der Waals surface area contributed by atoms with E-state index >= 15 is 0 Å². The Bertz CT molecular complexity index is 685. The van der Waals surface area contributed by atoms with E-state index < -0.39 is 0 Å². The predicted molar refractivity (Wildman–Crippen MR) is 85.5 cm³/mol. The third kappa shape index (κ3) is 2.60. The molecule has 0 amide bonds. The summed E-state index contributed by atoms with van der Waals surface area (Å²) in [6, 6.07) is 10.1. The number of rotatable bonds is 3. The van der Waals surface area contributed by atoms with Gasteiger partial charge < -0.3 is 5.73 Å². The number of nitrogens with one attached hydrogen (secondary N) is 1. The second kappa shape index (κ2) is 5.58. The van der Waals surface area contributed by atoms with Crippen LogP contribution in [0, 0.1) is 5.41 Å². The van der Waals surface area contributed by atoms with Crippen molar-refractivity contribution >= 4 is 33.5 Å². The second-order valence-electron chi connectivity index (χ2n) is 4.75. The first-order valence-electron chi connectivity index (χ1n) is 6.44. The van der Waals surface area contributed by atoms with Crippen LogP contribution in [0.3, 0.4) is 0 Å². The molecule has 0 atom stereocenters. The van der Waals surface area contributed by atoms with Crippen molar-refractivity contribution in [3.8, 4) is 0 Å². The number of hydrogen-bond acceptors (Lipinski definition) is 3. The fraction of sp³-hybridized carbons (Fsp3) is 0.200. The number of pyridine rings is 1. The van der Waals surface area contributed by atoms with Gasteiger partial charge >= 0.3 is 0 Å². The minimum atomic E-state index is 0.0850. The molecule has 3 N–H and O–H groups in total. The fourth-order valence-corrected chi connectivity index (χ4v) is 3.84. The van der Waals surface area contributed by atoms with Gasteiger partial charge in [-0.25, -0.2) is 4.98 Å². The van der Waals surface area contributed by atoms with E-state index in [0.29, 0.717) is 0 Å². The van der Waals surface area contributed by atoms with Crippen molar-refractivity contribution in [3.63, 3.8) is 0 Å². The highest BCUT2D eigenvalue weighted by Gasteiger charge is 2.18. The summed E-state index contributed by atoms with van der Waals surface area (Å²) in [5.41, 5.74) is 8.86. The molecule has 0 aliphatic heterocycles. The van der Waals surface area contributed by atoms with Gasteiger partial charge in [0.15, 0.2) is 0 Å². The van der Waals surface area contributed by atoms with Crippen molar-refractivity contribution in [1.29, 1.82) is 5.41 Å². The summed E-state index contributed by atoms with van der Waals surface area (Å²) >= 11 is 5.10. The summed E-state index contributed by atoms with van der Waals surface area (Å²) in [4.78, 5) is 5.82. The third-order valence-corrected chi connectivity index (χ3v) is 5.38. The molecule has 1 aromatic carbocycles. The molecule has 5 heteroatoms. The van der Waals surface area contributed by atoms with Crippen LogP contribution in [0.25, 0.3) is 0 Å². The molecule has 0 fully saturated rings. The van der Waals surface area contributed by atoms with Crippen LogP contribution >= 0.6 is 27.7 Å². The molecule has 0 saturated carbocycles. The number of amidine groups is 1. The minimum absolute atomic E-state index is 0.0850. The summed E-state index contributed by atoms with van der Waals surface area (Å²) in [5, 5.41) is 8.60. The summed E-state index contributed by atoms with van der Waals surface area (Å²) in [6.07, 6.45) is 3.21. The largest absolute Gasteiger partial charge is 0.384 e. The van der Waals surface area contributed by atoms with Gasteiger partial charge in [0.25, 0.3) is 0 Å². The van der Waals surface area contributed by atoms with Crippen LogP contribution in [0.4, 0.5) is 0 Å². The van der Waals surface area contributed by atoms with E-state index in [1.807, 2.05) is 30.3 Å². The molecule has 0 unspecified atom stereocenters. The molecular formula is C15H14BrN3S. The van der Waals surface area contributed by atoms with Gasteiger partial charge in [-0.1, -0.05) is 23.9 Å². The van der Waals surface area contributed by atoms with Crippen molar-refractivity contribution in [3.05, 3.63) is 51.6 Å². The zero-order valence-corrected chi connectivity index (χ0v) is 13.2. The van der Waals surface area contributed by atoms with Crippen molar-refractivity contribution in [2.45, 2.75) is 29.2 Å². The monoisotopic (exact) mass is 347 g/mol. The topological polar surface area (TPSA) is 62.8 Å². The number of aromatic nitrogens is 1. The molecule has 102 valence electrons. The van der Waals surface area contributed by atoms with Crippen LogP contribution in [0.2, 0.25) is 0 Å². The first kappa shape index (κ1) is 13.6. The molecule has 1 heterocycles. The molecule has 1 aliphatic rings. The number of aryl methyl sites for hydroxylation is 2. The number of nitrogens with zero attached hydrogens (tertiary/aromatic N) is 1. The fourth-order valence-electron chi connectivity index (χ4n) is 2.36. The van der Waals surface area contributed by atoms with Crippen LogP contribution in [0.5, 0.6) is 0 Å². The normalized spacial score (nSPS) is 13.2. The van der Waals surface area contributed by atoms with Gasteiger partial charge in [-0.3, -0.25) is 5.41 Å². The average molecular weight is 348 g/mol. The van der Waals surface area contributed by atoms with E-state index in [4.69, 9.17) is 16.1 Å². The van der Waals surface area contributed by atoms with E-state index in [1.54, 1.807) is 11.8 Å². The van der Waals surface area contributed by atoms with Crippen LogP contribution < -0.4 is 5.73 Å². The van der Waals surface area contributed by atoms with E-state index in [1.165, 1.54) is 5.56 Å². The molecular weight excluding hydrogens is 334 g/mol. The summed E-state index contributed by atoms with van der Waals surface area (Å²) in [5.74, 6) is 0.0850. The van der Waals surface area contributed by atoms with Gasteiger partial charge in [-0.15, -0.1) is 0 Å². The smallest absolute Gasteiger partial charge is 0.125 e. The Morgan fingerprint density at radius 3 is 2.85 bits per heavy atom. The Hall–Kier alpha value is -1.33. The van der Waals surface area contributed by atoms with Crippen LogP contribution in [0.1, 0.15) is 23.2 Å². The quantitative estimate of drug-likeness (QED) is 0.656. The summed E-state index contributed by atoms with van der Waals surface area (Å²) in [6.45, 7) is 0.